The first-order valence-corrected chi connectivity index (χ1v) is 5.21. The van der Waals surface area contributed by atoms with Crippen LogP contribution < -0.4 is 10.1 Å². The number of hydrogen-bond donors (Lipinski definition) is 1. The Hall–Kier alpha value is -1.71. The van der Waals surface area contributed by atoms with Crippen molar-refractivity contribution in [3.63, 3.8) is 0 Å². The van der Waals surface area contributed by atoms with E-state index in [4.69, 9.17) is 9.47 Å². The highest BCUT2D eigenvalue weighted by Crippen LogP contribution is 2.18. The van der Waals surface area contributed by atoms with Gasteiger partial charge in [0.05, 0.1) is 13.7 Å². The summed E-state index contributed by atoms with van der Waals surface area (Å²) in [6.07, 6.45) is -0.393. The summed E-state index contributed by atoms with van der Waals surface area (Å²) in [7, 11) is 1.64. The maximum Gasteiger partial charge on any atom is 0.407 e. The van der Waals surface area contributed by atoms with Crippen LogP contribution in [-0.4, -0.2) is 19.8 Å². The van der Waals surface area contributed by atoms with Crippen molar-refractivity contribution in [3.05, 3.63) is 29.3 Å². The number of aryl methyl sites for hydroxylation is 1. The van der Waals surface area contributed by atoms with Gasteiger partial charge in [0, 0.05) is 6.54 Å². The van der Waals surface area contributed by atoms with Crippen LogP contribution in [0.4, 0.5) is 4.79 Å². The van der Waals surface area contributed by atoms with E-state index in [2.05, 4.69) is 5.32 Å². The molecule has 0 heterocycles. The van der Waals surface area contributed by atoms with Crippen LogP contribution in [0, 0.1) is 6.92 Å². The van der Waals surface area contributed by atoms with Crippen molar-refractivity contribution in [1.29, 1.82) is 0 Å². The van der Waals surface area contributed by atoms with Gasteiger partial charge in [-0.1, -0.05) is 12.1 Å². The number of alkyl carbamates (subject to hydrolysis) is 1. The molecule has 4 nitrogen and oxygen atoms in total. The summed E-state index contributed by atoms with van der Waals surface area (Å²) in [5.41, 5.74) is 2.07. The van der Waals surface area contributed by atoms with Gasteiger partial charge in [-0.25, -0.2) is 4.79 Å². The first-order valence-electron chi connectivity index (χ1n) is 5.21. The Bertz CT molecular complexity index is 363. The van der Waals surface area contributed by atoms with Crippen LogP contribution in [0.1, 0.15) is 18.1 Å². The van der Waals surface area contributed by atoms with Crippen LogP contribution in [0.5, 0.6) is 5.75 Å². The number of carbonyl (C=O) groups excluding carboxylic acids is 1. The molecule has 0 bridgehead atoms. The van der Waals surface area contributed by atoms with Gasteiger partial charge < -0.3 is 14.8 Å². The minimum Gasteiger partial charge on any atom is -0.496 e. The van der Waals surface area contributed by atoms with Crippen molar-refractivity contribution < 1.29 is 14.3 Å². The van der Waals surface area contributed by atoms with Gasteiger partial charge in [0.2, 0.25) is 0 Å². The first-order chi connectivity index (χ1) is 7.67. The van der Waals surface area contributed by atoms with Gasteiger partial charge in [-0.3, -0.25) is 0 Å². The minimum absolute atomic E-state index is 0.382. The predicted molar refractivity (Wildman–Crippen MR) is 61.6 cm³/mol. The van der Waals surface area contributed by atoms with Gasteiger partial charge in [-0.05, 0) is 31.0 Å². The number of rotatable bonds is 4. The topological polar surface area (TPSA) is 47.6 Å². The van der Waals surface area contributed by atoms with Crippen LogP contribution in [-0.2, 0) is 11.3 Å². The molecule has 0 fully saturated rings. The van der Waals surface area contributed by atoms with E-state index >= 15 is 0 Å². The second kappa shape index (κ2) is 6.00. The fourth-order valence-corrected chi connectivity index (χ4v) is 1.41. The third-order valence-corrected chi connectivity index (χ3v) is 2.17. The van der Waals surface area contributed by atoms with Crippen LogP contribution in [0.2, 0.25) is 0 Å². The molecule has 1 aromatic carbocycles. The fraction of sp³-hybridized carbons (Fsp3) is 0.417. The fourth-order valence-electron chi connectivity index (χ4n) is 1.41. The Balaban J connectivity index is 2.55. The van der Waals surface area contributed by atoms with E-state index in [-0.39, 0.29) is 0 Å². The summed E-state index contributed by atoms with van der Waals surface area (Å²) in [5.74, 6) is 0.847. The molecule has 0 radical (unpaired) electrons. The third-order valence-electron chi connectivity index (χ3n) is 2.17. The molecule has 0 aliphatic carbocycles. The van der Waals surface area contributed by atoms with Crippen LogP contribution in [0.25, 0.3) is 0 Å². The molecule has 1 amide bonds. The first kappa shape index (κ1) is 12.4. The summed E-state index contributed by atoms with van der Waals surface area (Å²) in [5, 5.41) is 2.66. The molecule has 1 N–H and O–H groups in total. The number of methoxy groups -OCH3 is 1. The maximum atomic E-state index is 11.1. The van der Waals surface area contributed by atoms with Gasteiger partial charge >= 0.3 is 6.09 Å². The zero-order valence-corrected chi connectivity index (χ0v) is 9.87. The van der Waals surface area contributed by atoms with E-state index in [1.54, 1.807) is 14.0 Å². The van der Waals surface area contributed by atoms with Gasteiger partial charge in [0.25, 0.3) is 0 Å². The normalized spacial score (nSPS) is 9.69. The lowest BCUT2D eigenvalue weighted by atomic mass is 10.1. The van der Waals surface area contributed by atoms with E-state index in [0.717, 1.165) is 16.9 Å². The number of benzene rings is 1. The molecule has 88 valence electrons. The van der Waals surface area contributed by atoms with Crippen LogP contribution in [0.15, 0.2) is 18.2 Å². The van der Waals surface area contributed by atoms with Gasteiger partial charge in [-0.15, -0.1) is 0 Å². The molecule has 0 spiro atoms. The lowest BCUT2D eigenvalue weighted by Gasteiger charge is -2.08. The van der Waals surface area contributed by atoms with E-state index in [1.165, 1.54) is 0 Å². The smallest absolute Gasteiger partial charge is 0.407 e. The molecule has 0 atom stereocenters. The van der Waals surface area contributed by atoms with Crippen molar-refractivity contribution >= 4 is 6.09 Å². The molecule has 0 saturated carbocycles. The molecule has 0 aromatic heterocycles. The highest BCUT2D eigenvalue weighted by molar-refractivity contribution is 5.67. The van der Waals surface area contributed by atoms with E-state index in [9.17, 15) is 4.79 Å². The number of amides is 1. The summed E-state index contributed by atoms with van der Waals surface area (Å²) in [4.78, 5) is 11.1. The Kier molecular flexibility index (Phi) is 4.64. The molecular formula is C12H17NO3. The molecular weight excluding hydrogens is 206 g/mol. The molecule has 0 aliphatic rings. The Morgan fingerprint density at radius 2 is 2.19 bits per heavy atom. The molecule has 0 aliphatic heterocycles. The molecule has 1 aromatic rings. The summed E-state index contributed by atoms with van der Waals surface area (Å²) >= 11 is 0. The molecule has 4 heteroatoms. The van der Waals surface area contributed by atoms with E-state index in [1.807, 2.05) is 25.1 Å². The van der Waals surface area contributed by atoms with Gasteiger partial charge in [0.15, 0.2) is 0 Å². The lowest BCUT2D eigenvalue weighted by molar-refractivity contribution is 0.151. The van der Waals surface area contributed by atoms with Crippen molar-refractivity contribution in [2.24, 2.45) is 0 Å². The monoisotopic (exact) mass is 223 g/mol. The Morgan fingerprint density at radius 1 is 1.44 bits per heavy atom. The third kappa shape index (κ3) is 3.46. The lowest BCUT2D eigenvalue weighted by Crippen LogP contribution is -2.23. The number of carbonyl (C=O) groups is 1. The zero-order chi connectivity index (χ0) is 12.0. The second-order valence-electron chi connectivity index (χ2n) is 3.38. The Morgan fingerprint density at radius 3 is 2.75 bits per heavy atom. The van der Waals surface area contributed by atoms with Crippen LogP contribution >= 0.6 is 0 Å². The quantitative estimate of drug-likeness (QED) is 0.851. The van der Waals surface area contributed by atoms with E-state index in [0.29, 0.717) is 13.2 Å². The second-order valence-corrected chi connectivity index (χ2v) is 3.38. The summed E-state index contributed by atoms with van der Waals surface area (Å²) < 4.78 is 9.92. The molecule has 1 rings (SSSR count). The number of nitrogens with one attached hydrogen (secondary N) is 1. The predicted octanol–water partition coefficient (Wildman–Crippen LogP) is 2.25. The van der Waals surface area contributed by atoms with Crippen molar-refractivity contribution in [2.45, 2.75) is 20.4 Å². The van der Waals surface area contributed by atoms with Gasteiger partial charge in [0.1, 0.15) is 5.75 Å². The van der Waals surface area contributed by atoms with Gasteiger partial charge in [-0.2, -0.15) is 0 Å². The molecule has 16 heavy (non-hydrogen) atoms. The SMILES string of the molecule is CCOC(=O)NCc1ccc(OC)c(C)c1. The summed E-state index contributed by atoms with van der Waals surface area (Å²) in [6.45, 7) is 4.58. The number of ether oxygens (including phenoxy) is 2. The molecule has 0 unspecified atom stereocenters. The number of hydrogen-bond acceptors (Lipinski definition) is 3. The maximum absolute atomic E-state index is 11.1. The highest BCUT2D eigenvalue weighted by atomic mass is 16.5. The molecule has 0 saturated heterocycles. The highest BCUT2D eigenvalue weighted by Gasteiger charge is 2.02. The largest absolute Gasteiger partial charge is 0.496 e. The summed E-state index contributed by atoms with van der Waals surface area (Å²) in [6, 6.07) is 5.78. The van der Waals surface area contributed by atoms with Crippen molar-refractivity contribution in [1.82, 2.24) is 5.32 Å². The standard InChI is InChI=1S/C12H17NO3/c1-4-16-12(14)13-8-10-5-6-11(15-3)9(2)7-10/h5-7H,4,8H2,1-3H3,(H,13,14). The Labute approximate surface area is 95.6 Å². The van der Waals surface area contributed by atoms with Crippen molar-refractivity contribution in [2.75, 3.05) is 13.7 Å². The van der Waals surface area contributed by atoms with Crippen molar-refractivity contribution in [3.8, 4) is 5.75 Å². The van der Waals surface area contributed by atoms with E-state index < -0.39 is 6.09 Å². The van der Waals surface area contributed by atoms with Crippen LogP contribution in [0.3, 0.4) is 0 Å². The minimum atomic E-state index is -0.393. The average molecular weight is 223 g/mol. The average Bonchev–Trinajstić information content (AvgIpc) is 2.27. The zero-order valence-electron chi connectivity index (χ0n) is 9.87.